The second kappa shape index (κ2) is 13.2. The second-order valence-electron chi connectivity index (χ2n) is 9.28. The Hall–Kier alpha value is -3.25. The number of phenols is 2. The zero-order chi connectivity index (χ0) is 28.7. The fourth-order valence-corrected chi connectivity index (χ4v) is 4.17. The maximum Gasteiger partial charge on any atom is 0.466 e. The van der Waals surface area contributed by atoms with E-state index in [1.807, 2.05) is 45.0 Å². The molecule has 0 saturated carbocycles. The van der Waals surface area contributed by atoms with Gasteiger partial charge in [-0.2, -0.15) is 0 Å². The van der Waals surface area contributed by atoms with Gasteiger partial charge < -0.3 is 39.5 Å². The molecule has 1 saturated heterocycles. The van der Waals surface area contributed by atoms with Crippen LogP contribution in [-0.2, 0) is 15.8 Å². The van der Waals surface area contributed by atoms with Gasteiger partial charge in [0, 0.05) is 32.2 Å². The van der Waals surface area contributed by atoms with Crippen molar-refractivity contribution < 1.29 is 43.5 Å². The van der Waals surface area contributed by atoms with Gasteiger partial charge in [-0.25, -0.2) is 4.57 Å². The van der Waals surface area contributed by atoms with Crippen molar-refractivity contribution >= 4 is 13.7 Å². The molecule has 39 heavy (non-hydrogen) atoms. The van der Waals surface area contributed by atoms with Gasteiger partial charge in [0.15, 0.2) is 11.5 Å². The first-order chi connectivity index (χ1) is 18.4. The molecule has 1 aliphatic rings. The third-order valence-corrected chi connectivity index (χ3v) is 6.01. The average Bonchev–Trinajstić information content (AvgIpc) is 3.29. The minimum atomic E-state index is -4.64. The molecule has 12 nitrogen and oxygen atoms in total. The molecule has 212 valence electrons. The number of benzene rings is 2. The highest BCUT2D eigenvalue weighted by molar-refractivity contribution is 7.45. The lowest BCUT2D eigenvalue weighted by molar-refractivity contribution is 0.0342. The molecular formula is C26H34N3O9P. The first-order valence-electron chi connectivity index (χ1n) is 12.4. The fourth-order valence-electron chi connectivity index (χ4n) is 4.17. The Morgan fingerprint density at radius 1 is 1.08 bits per heavy atom. The maximum absolute atomic E-state index is 12.8. The van der Waals surface area contributed by atoms with Crippen molar-refractivity contribution in [2.75, 3.05) is 32.8 Å². The monoisotopic (exact) mass is 563 g/mol. The Morgan fingerprint density at radius 3 is 2.26 bits per heavy atom. The molecule has 3 aromatic rings. The predicted molar refractivity (Wildman–Crippen MR) is 143 cm³/mol. The number of carbonyl (C=O) groups excluding carboxylic acids is 1. The topological polar surface area (TPSA) is 186 Å². The highest BCUT2D eigenvalue weighted by Crippen LogP contribution is 2.43. The Labute approximate surface area is 226 Å². The minimum absolute atomic E-state index is 0.00808. The number of hydrogen-bond acceptors (Lipinski definition) is 8. The van der Waals surface area contributed by atoms with Crippen molar-refractivity contribution in [3.05, 3.63) is 53.2 Å². The van der Waals surface area contributed by atoms with Gasteiger partial charge in [-0.05, 0) is 35.6 Å². The highest BCUT2D eigenvalue weighted by atomic mass is 31.2. The number of ether oxygens (including phenoxy) is 1. The molecule has 1 fully saturated rings. The standard InChI is InChI=1S/C26H31N3O5.H3O4P/c1-4-27-26(32)24-23(18-7-5-17(6-8-18)15-29-9-11-33-12-10-29)25(34-28-24)20-13-19(16(2)3)21(30)14-22(20)31;1-5(2,3)4/h5-8,13-14,16,30-31H,4,9-12,15H2,1-3H3,(H,27,32);(H3,1,2,3,4). The van der Waals surface area contributed by atoms with Crippen LogP contribution in [0.1, 0.15) is 48.3 Å². The summed E-state index contributed by atoms with van der Waals surface area (Å²) in [5.74, 6) is -0.193. The average molecular weight is 564 g/mol. The van der Waals surface area contributed by atoms with Crippen LogP contribution in [0.25, 0.3) is 22.5 Å². The lowest BCUT2D eigenvalue weighted by Gasteiger charge is -2.26. The molecule has 2 aromatic carbocycles. The van der Waals surface area contributed by atoms with Crippen LogP contribution in [0.2, 0.25) is 0 Å². The Balaban J connectivity index is 0.000000771. The number of aromatic nitrogens is 1. The number of rotatable bonds is 7. The number of phosphoric acid groups is 1. The van der Waals surface area contributed by atoms with E-state index in [9.17, 15) is 15.0 Å². The van der Waals surface area contributed by atoms with Crippen molar-refractivity contribution in [1.82, 2.24) is 15.4 Å². The van der Waals surface area contributed by atoms with E-state index >= 15 is 0 Å². The van der Waals surface area contributed by atoms with E-state index < -0.39 is 7.82 Å². The summed E-state index contributed by atoms with van der Waals surface area (Å²) in [6.45, 7) is 10.3. The number of morpholine rings is 1. The van der Waals surface area contributed by atoms with Gasteiger partial charge in [0.2, 0.25) is 0 Å². The van der Waals surface area contributed by atoms with Crippen LogP contribution in [-0.4, -0.2) is 73.7 Å². The molecule has 4 rings (SSSR count). The maximum atomic E-state index is 12.8. The van der Waals surface area contributed by atoms with E-state index in [2.05, 4.69) is 15.4 Å². The SMILES string of the molecule is CCNC(=O)c1noc(-c2cc(C(C)C)c(O)cc2O)c1-c1ccc(CN2CCOCC2)cc1.O=P(O)(O)O. The van der Waals surface area contributed by atoms with Crippen molar-refractivity contribution in [2.45, 2.75) is 33.2 Å². The molecule has 1 aromatic heterocycles. The Morgan fingerprint density at radius 2 is 1.69 bits per heavy atom. The molecule has 13 heteroatoms. The molecular weight excluding hydrogens is 529 g/mol. The third kappa shape index (κ3) is 8.37. The molecule has 0 unspecified atom stereocenters. The normalized spacial score (nSPS) is 14.1. The summed E-state index contributed by atoms with van der Waals surface area (Å²) in [6, 6.07) is 10.9. The fraction of sp³-hybridized carbons (Fsp3) is 0.385. The lowest BCUT2D eigenvalue weighted by atomic mass is 9.94. The predicted octanol–water partition coefficient (Wildman–Crippen LogP) is 3.20. The van der Waals surface area contributed by atoms with Gasteiger partial charge in [0.25, 0.3) is 5.91 Å². The summed E-state index contributed by atoms with van der Waals surface area (Å²) >= 11 is 0. The molecule has 2 heterocycles. The molecule has 0 radical (unpaired) electrons. The van der Waals surface area contributed by atoms with E-state index in [0.29, 0.717) is 23.2 Å². The highest BCUT2D eigenvalue weighted by Gasteiger charge is 2.27. The zero-order valence-corrected chi connectivity index (χ0v) is 22.9. The number of amides is 1. The van der Waals surface area contributed by atoms with E-state index in [0.717, 1.165) is 44.0 Å². The van der Waals surface area contributed by atoms with Crippen molar-refractivity contribution in [3.63, 3.8) is 0 Å². The molecule has 0 bridgehead atoms. The molecule has 1 amide bonds. The van der Waals surface area contributed by atoms with Gasteiger partial charge in [-0.15, -0.1) is 0 Å². The van der Waals surface area contributed by atoms with Crippen LogP contribution in [0.4, 0.5) is 0 Å². The largest absolute Gasteiger partial charge is 0.508 e. The van der Waals surface area contributed by atoms with Crippen molar-refractivity contribution in [1.29, 1.82) is 0 Å². The van der Waals surface area contributed by atoms with Gasteiger partial charge in [-0.1, -0.05) is 43.3 Å². The van der Waals surface area contributed by atoms with Gasteiger partial charge in [0.05, 0.1) is 24.3 Å². The Bertz CT molecular complexity index is 1300. The summed E-state index contributed by atoms with van der Waals surface area (Å²) in [5, 5.41) is 27.7. The number of hydrogen-bond donors (Lipinski definition) is 6. The summed E-state index contributed by atoms with van der Waals surface area (Å²) < 4.78 is 19.9. The van der Waals surface area contributed by atoms with Crippen LogP contribution in [0.5, 0.6) is 11.5 Å². The van der Waals surface area contributed by atoms with Crippen LogP contribution < -0.4 is 5.32 Å². The van der Waals surface area contributed by atoms with Crippen LogP contribution in [0.3, 0.4) is 0 Å². The number of nitrogens with one attached hydrogen (secondary N) is 1. The van der Waals surface area contributed by atoms with Gasteiger partial charge in [-0.3, -0.25) is 9.69 Å². The van der Waals surface area contributed by atoms with Crippen LogP contribution in [0.15, 0.2) is 40.9 Å². The lowest BCUT2D eigenvalue weighted by Crippen LogP contribution is -2.35. The van der Waals surface area contributed by atoms with Crippen LogP contribution in [0, 0.1) is 0 Å². The zero-order valence-electron chi connectivity index (χ0n) is 22.0. The summed E-state index contributed by atoms with van der Waals surface area (Å²) in [5.41, 5.74) is 3.59. The second-order valence-corrected chi connectivity index (χ2v) is 10.3. The summed E-state index contributed by atoms with van der Waals surface area (Å²) in [4.78, 5) is 36.7. The molecule has 0 atom stereocenters. The minimum Gasteiger partial charge on any atom is -0.508 e. The molecule has 0 spiro atoms. The van der Waals surface area contributed by atoms with E-state index in [1.54, 1.807) is 6.07 Å². The number of nitrogens with zero attached hydrogens (tertiary/aromatic N) is 2. The van der Waals surface area contributed by atoms with E-state index in [4.69, 9.17) is 28.5 Å². The molecule has 1 aliphatic heterocycles. The van der Waals surface area contributed by atoms with E-state index in [1.165, 1.54) is 6.07 Å². The quantitative estimate of drug-likeness (QED) is 0.232. The van der Waals surface area contributed by atoms with E-state index in [-0.39, 0.29) is 34.8 Å². The number of phenolic OH excluding ortho intramolecular Hbond substituents is 2. The molecule has 6 N–H and O–H groups in total. The first-order valence-corrected chi connectivity index (χ1v) is 14.0. The van der Waals surface area contributed by atoms with Crippen molar-refractivity contribution in [2.24, 2.45) is 0 Å². The summed E-state index contributed by atoms with van der Waals surface area (Å²) in [7, 11) is -4.64. The van der Waals surface area contributed by atoms with Crippen LogP contribution >= 0.6 is 7.82 Å². The van der Waals surface area contributed by atoms with Crippen molar-refractivity contribution in [3.8, 4) is 33.9 Å². The number of aromatic hydroxyl groups is 2. The van der Waals surface area contributed by atoms with Gasteiger partial charge >= 0.3 is 7.82 Å². The first kappa shape index (κ1) is 30.3. The smallest absolute Gasteiger partial charge is 0.466 e. The number of carbonyl (C=O) groups is 1. The van der Waals surface area contributed by atoms with Gasteiger partial charge in [0.1, 0.15) is 11.5 Å². The Kier molecular flexibility index (Phi) is 10.3. The molecule has 0 aliphatic carbocycles. The third-order valence-electron chi connectivity index (χ3n) is 6.01. The summed E-state index contributed by atoms with van der Waals surface area (Å²) in [6.07, 6.45) is 0.